The van der Waals surface area contributed by atoms with Crippen molar-refractivity contribution in [2.45, 2.75) is 24.9 Å². The minimum atomic E-state index is 0.0363. The first-order valence-corrected chi connectivity index (χ1v) is 10.0. The van der Waals surface area contributed by atoms with Crippen LogP contribution in [0.3, 0.4) is 0 Å². The van der Waals surface area contributed by atoms with Gasteiger partial charge < -0.3 is 5.32 Å². The zero-order chi connectivity index (χ0) is 18.6. The number of hydrogen-bond acceptors (Lipinski definition) is 5. The number of amides is 1. The van der Waals surface area contributed by atoms with E-state index in [1.165, 1.54) is 24.6 Å². The largest absolute Gasteiger partial charge is 0.355 e. The maximum absolute atomic E-state index is 12.1. The Morgan fingerprint density at radius 3 is 2.81 bits per heavy atom. The van der Waals surface area contributed by atoms with Crippen LogP contribution in [0.1, 0.15) is 18.4 Å². The summed E-state index contributed by atoms with van der Waals surface area (Å²) >= 11 is 1.40. The second-order valence-corrected chi connectivity index (χ2v) is 7.65. The van der Waals surface area contributed by atoms with Crippen molar-refractivity contribution in [2.75, 3.05) is 12.3 Å². The molecule has 2 heterocycles. The molecular formula is C20H21N5OS. The van der Waals surface area contributed by atoms with E-state index < -0.39 is 0 Å². The molecule has 0 aliphatic heterocycles. The van der Waals surface area contributed by atoms with Crippen LogP contribution in [0.5, 0.6) is 0 Å². The number of carbonyl (C=O) groups is 1. The number of thioether (sulfide) groups is 1. The van der Waals surface area contributed by atoms with Crippen LogP contribution >= 0.6 is 11.8 Å². The Bertz CT molecular complexity index is 937. The van der Waals surface area contributed by atoms with E-state index in [0.717, 1.165) is 29.2 Å². The van der Waals surface area contributed by atoms with E-state index in [2.05, 4.69) is 33.5 Å². The van der Waals surface area contributed by atoms with Gasteiger partial charge in [-0.05, 0) is 49.4 Å². The SMILES string of the molecule is Cc1ccccc1-n1c(SCC(=O)NCC2CC2)nnc1-c1cccnc1. The van der Waals surface area contributed by atoms with Gasteiger partial charge in [-0.25, -0.2) is 0 Å². The molecule has 0 atom stereocenters. The van der Waals surface area contributed by atoms with E-state index in [9.17, 15) is 4.79 Å². The lowest BCUT2D eigenvalue weighted by atomic mass is 10.2. The highest BCUT2D eigenvalue weighted by atomic mass is 32.2. The monoisotopic (exact) mass is 379 g/mol. The van der Waals surface area contributed by atoms with Crippen LogP contribution < -0.4 is 5.32 Å². The third kappa shape index (κ3) is 4.19. The molecule has 1 aliphatic carbocycles. The number of nitrogens with zero attached hydrogens (tertiary/aromatic N) is 4. The number of rotatable bonds is 7. The molecule has 2 aromatic heterocycles. The van der Waals surface area contributed by atoms with Gasteiger partial charge in [-0.15, -0.1) is 10.2 Å². The summed E-state index contributed by atoms with van der Waals surface area (Å²) in [6.45, 7) is 2.84. The first kappa shape index (κ1) is 17.7. The van der Waals surface area contributed by atoms with E-state index in [1.54, 1.807) is 12.4 Å². The van der Waals surface area contributed by atoms with Crippen LogP contribution in [0.25, 0.3) is 17.1 Å². The third-order valence-corrected chi connectivity index (χ3v) is 5.46. The van der Waals surface area contributed by atoms with Crippen molar-refractivity contribution in [3.8, 4) is 17.1 Å². The molecule has 0 spiro atoms. The Morgan fingerprint density at radius 1 is 1.22 bits per heavy atom. The summed E-state index contributed by atoms with van der Waals surface area (Å²) in [5, 5.41) is 12.4. The summed E-state index contributed by atoms with van der Waals surface area (Å²) in [6.07, 6.45) is 5.96. The molecule has 6 nitrogen and oxygen atoms in total. The second-order valence-electron chi connectivity index (χ2n) is 6.71. The van der Waals surface area contributed by atoms with Crippen molar-refractivity contribution < 1.29 is 4.79 Å². The van der Waals surface area contributed by atoms with Crippen molar-refractivity contribution in [3.05, 3.63) is 54.4 Å². The summed E-state index contributed by atoms with van der Waals surface area (Å²) in [6, 6.07) is 11.9. The molecule has 4 rings (SSSR count). The van der Waals surface area contributed by atoms with Gasteiger partial charge >= 0.3 is 0 Å². The van der Waals surface area contributed by atoms with Gasteiger partial charge in [0.25, 0.3) is 0 Å². The van der Waals surface area contributed by atoms with E-state index in [4.69, 9.17) is 0 Å². The highest BCUT2D eigenvalue weighted by Gasteiger charge is 2.22. The number of carbonyl (C=O) groups excluding carboxylic acids is 1. The van der Waals surface area contributed by atoms with Crippen molar-refractivity contribution in [2.24, 2.45) is 5.92 Å². The van der Waals surface area contributed by atoms with E-state index in [-0.39, 0.29) is 5.91 Å². The highest BCUT2D eigenvalue weighted by Crippen LogP contribution is 2.29. The summed E-state index contributed by atoms with van der Waals surface area (Å²) in [4.78, 5) is 16.3. The van der Waals surface area contributed by atoms with Gasteiger partial charge in [0.1, 0.15) is 0 Å². The molecule has 7 heteroatoms. The number of aromatic nitrogens is 4. The molecule has 1 aliphatic rings. The molecule has 1 N–H and O–H groups in total. The molecule has 1 aromatic carbocycles. The quantitative estimate of drug-likeness (QED) is 0.638. The summed E-state index contributed by atoms with van der Waals surface area (Å²) in [7, 11) is 0. The van der Waals surface area contributed by atoms with Gasteiger partial charge in [0, 0.05) is 24.5 Å². The van der Waals surface area contributed by atoms with Gasteiger partial charge in [-0.2, -0.15) is 0 Å². The molecule has 1 fully saturated rings. The average Bonchev–Trinajstić information content (AvgIpc) is 3.44. The predicted octanol–water partition coefficient (Wildman–Crippen LogP) is 3.26. The van der Waals surface area contributed by atoms with Crippen molar-refractivity contribution in [1.82, 2.24) is 25.1 Å². The van der Waals surface area contributed by atoms with Crippen LogP contribution in [-0.4, -0.2) is 38.0 Å². The number of aryl methyl sites for hydroxylation is 1. The Kier molecular flexibility index (Phi) is 5.20. The lowest BCUT2D eigenvalue weighted by molar-refractivity contribution is -0.118. The molecule has 0 bridgehead atoms. The second kappa shape index (κ2) is 7.92. The Morgan fingerprint density at radius 2 is 2.07 bits per heavy atom. The number of para-hydroxylation sites is 1. The molecule has 0 unspecified atom stereocenters. The lowest BCUT2D eigenvalue weighted by Crippen LogP contribution is -2.27. The van der Waals surface area contributed by atoms with Crippen LogP contribution in [-0.2, 0) is 4.79 Å². The first-order valence-electron chi connectivity index (χ1n) is 9.03. The molecule has 0 saturated heterocycles. The number of pyridine rings is 1. The van der Waals surface area contributed by atoms with Gasteiger partial charge in [0.2, 0.25) is 5.91 Å². The van der Waals surface area contributed by atoms with Crippen LogP contribution in [0.15, 0.2) is 53.9 Å². The van der Waals surface area contributed by atoms with E-state index in [0.29, 0.717) is 16.8 Å². The molecule has 1 saturated carbocycles. The zero-order valence-corrected chi connectivity index (χ0v) is 15.9. The first-order chi connectivity index (χ1) is 13.2. The minimum Gasteiger partial charge on any atom is -0.355 e. The summed E-state index contributed by atoms with van der Waals surface area (Å²) < 4.78 is 2.01. The van der Waals surface area contributed by atoms with E-state index >= 15 is 0 Å². The maximum Gasteiger partial charge on any atom is 0.230 e. The van der Waals surface area contributed by atoms with Gasteiger partial charge in [0.05, 0.1) is 11.4 Å². The van der Waals surface area contributed by atoms with Gasteiger partial charge in [-0.1, -0.05) is 30.0 Å². The smallest absolute Gasteiger partial charge is 0.230 e. The molecule has 1 amide bonds. The third-order valence-electron chi connectivity index (χ3n) is 4.53. The Hall–Kier alpha value is -2.67. The molecule has 27 heavy (non-hydrogen) atoms. The molecule has 138 valence electrons. The van der Waals surface area contributed by atoms with Crippen LogP contribution in [0, 0.1) is 12.8 Å². The number of nitrogens with one attached hydrogen (secondary N) is 1. The van der Waals surface area contributed by atoms with Gasteiger partial charge in [0.15, 0.2) is 11.0 Å². The fraction of sp³-hybridized carbons (Fsp3) is 0.300. The highest BCUT2D eigenvalue weighted by molar-refractivity contribution is 7.99. The van der Waals surface area contributed by atoms with Crippen molar-refractivity contribution in [1.29, 1.82) is 0 Å². The lowest BCUT2D eigenvalue weighted by Gasteiger charge is -2.12. The molecule has 0 radical (unpaired) electrons. The maximum atomic E-state index is 12.1. The summed E-state index contributed by atoms with van der Waals surface area (Å²) in [5.41, 5.74) is 3.00. The normalized spacial score (nSPS) is 13.5. The van der Waals surface area contributed by atoms with E-state index in [1.807, 2.05) is 34.9 Å². The molecule has 3 aromatic rings. The van der Waals surface area contributed by atoms with Crippen LogP contribution in [0.4, 0.5) is 0 Å². The Balaban J connectivity index is 1.62. The topological polar surface area (TPSA) is 72.7 Å². The average molecular weight is 379 g/mol. The fourth-order valence-electron chi connectivity index (χ4n) is 2.84. The Labute approximate surface area is 162 Å². The van der Waals surface area contributed by atoms with Crippen LogP contribution in [0.2, 0.25) is 0 Å². The fourth-order valence-corrected chi connectivity index (χ4v) is 3.61. The standard InChI is InChI=1S/C20H21N5OS/c1-14-5-2-3-7-17(14)25-19(16-6-4-10-21-12-16)23-24-20(25)27-13-18(26)22-11-15-8-9-15/h2-7,10,12,15H,8-9,11,13H2,1H3,(H,22,26). The van der Waals surface area contributed by atoms with Gasteiger partial charge in [-0.3, -0.25) is 14.3 Å². The number of hydrogen-bond donors (Lipinski definition) is 1. The number of benzene rings is 1. The zero-order valence-electron chi connectivity index (χ0n) is 15.1. The summed E-state index contributed by atoms with van der Waals surface area (Å²) in [5.74, 6) is 1.75. The minimum absolute atomic E-state index is 0.0363. The van der Waals surface area contributed by atoms with Crippen molar-refractivity contribution >= 4 is 17.7 Å². The molecular weight excluding hydrogens is 358 g/mol. The predicted molar refractivity (Wildman–Crippen MR) is 106 cm³/mol. The van der Waals surface area contributed by atoms with Crippen molar-refractivity contribution in [3.63, 3.8) is 0 Å².